The molecule has 1 fully saturated rings. The molecule has 1 aromatic rings. The number of aliphatic hydroxyl groups is 1. The van der Waals surface area contributed by atoms with Gasteiger partial charge in [-0.3, -0.25) is 0 Å². The van der Waals surface area contributed by atoms with Crippen LogP contribution in [0.15, 0.2) is 24.3 Å². The van der Waals surface area contributed by atoms with Gasteiger partial charge in [0, 0.05) is 0 Å². The zero-order valence-corrected chi connectivity index (χ0v) is 12.5. The first kappa shape index (κ1) is 14.4. The summed E-state index contributed by atoms with van der Waals surface area (Å²) in [6.07, 6.45) is 3.49. The van der Waals surface area contributed by atoms with Crippen LogP contribution in [-0.4, -0.2) is 12.2 Å². The Morgan fingerprint density at radius 3 is 2.37 bits per heavy atom. The average Bonchev–Trinajstić information content (AvgIpc) is 2.37. The van der Waals surface area contributed by atoms with Crippen molar-refractivity contribution in [1.82, 2.24) is 0 Å². The fraction of sp³-hybridized carbons (Fsp3) is 0.647. The summed E-state index contributed by atoms with van der Waals surface area (Å²) in [6.45, 7) is 6.55. The SMILES string of the molecule is COc1cccc(C(C)(O)C2CC(C)CC(C)C2)c1. The molecule has 0 aliphatic heterocycles. The van der Waals surface area contributed by atoms with Gasteiger partial charge < -0.3 is 9.84 Å². The lowest BCUT2D eigenvalue weighted by Gasteiger charge is -2.40. The lowest BCUT2D eigenvalue weighted by molar-refractivity contribution is -0.0388. The Morgan fingerprint density at radius 1 is 1.16 bits per heavy atom. The summed E-state index contributed by atoms with van der Waals surface area (Å²) in [5.41, 5.74) is 0.204. The lowest BCUT2D eigenvalue weighted by Crippen LogP contribution is -2.37. The first-order chi connectivity index (χ1) is 8.93. The van der Waals surface area contributed by atoms with Crippen molar-refractivity contribution in [2.24, 2.45) is 17.8 Å². The fourth-order valence-electron chi connectivity index (χ4n) is 3.58. The minimum atomic E-state index is -0.766. The Hall–Kier alpha value is -1.02. The van der Waals surface area contributed by atoms with E-state index in [2.05, 4.69) is 13.8 Å². The van der Waals surface area contributed by atoms with Crippen molar-refractivity contribution in [2.75, 3.05) is 7.11 Å². The molecule has 1 aromatic carbocycles. The third kappa shape index (κ3) is 3.11. The molecule has 2 nitrogen and oxygen atoms in total. The quantitative estimate of drug-likeness (QED) is 0.893. The number of ether oxygens (including phenoxy) is 1. The van der Waals surface area contributed by atoms with Crippen molar-refractivity contribution >= 4 is 0 Å². The molecule has 0 heterocycles. The molecule has 0 amide bonds. The van der Waals surface area contributed by atoms with Crippen molar-refractivity contribution in [3.8, 4) is 5.75 Å². The predicted octanol–water partition coefficient (Wildman–Crippen LogP) is 3.98. The standard InChI is InChI=1S/C17H26O2/c1-12-8-13(2)10-15(9-12)17(3,18)14-6-5-7-16(11-14)19-4/h5-7,11-13,15,18H,8-10H2,1-4H3. The van der Waals surface area contributed by atoms with Gasteiger partial charge in [-0.25, -0.2) is 0 Å². The summed E-state index contributed by atoms with van der Waals surface area (Å²) in [4.78, 5) is 0. The number of rotatable bonds is 3. The van der Waals surface area contributed by atoms with Gasteiger partial charge in [-0.2, -0.15) is 0 Å². The van der Waals surface area contributed by atoms with Crippen LogP contribution in [0.25, 0.3) is 0 Å². The van der Waals surface area contributed by atoms with Gasteiger partial charge in [0.05, 0.1) is 12.7 Å². The highest BCUT2D eigenvalue weighted by Gasteiger charge is 2.38. The number of hydrogen-bond acceptors (Lipinski definition) is 2. The second-order valence-electron chi connectivity index (χ2n) is 6.49. The average molecular weight is 262 g/mol. The predicted molar refractivity (Wildman–Crippen MR) is 78.2 cm³/mol. The molecule has 106 valence electrons. The normalized spacial score (nSPS) is 30.7. The van der Waals surface area contributed by atoms with E-state index >= 15 is 0 Å². The highest BCUT2D eigenvalue weighted by Crippen LogP contribution is 2.43. The van der Waals surface area contributed by atoms with Crippen LogP contribution in [0.4, 0.5) is 0 Å². The van der Waals surface area contributed by atoms with E-state index in [1.54, 1.807) is 7.11 Å². The maximum atomic E-state index is 11.0. The fourth-order valence-corrected chi connectivity index (χ4v) is 3.58. The van der Waals surface area contributed by atoms with Crippen molar-refractivity contribution in [1.29, 1.82) is 0 Å². The van der Waals surface area contributed by atoms with Crippen LogP contribution in [0, 0.1) is 17.8 Å². The van der Waals surface area contributed by atoms with Crippen LogP contribution in [-0.2, 0) is 5.60 Å². The van der Waals surface area contributed by atoms with E-state index in [9.17, 15) is 5.11 Å². The Labute approximate surface area is 116 Å². The van der Waals surface area contributed by atoms with Gasteiger partial charge in [0.2, 0.25) is 0 Å². The van der Waals surface area contributed by atoms with Crippen LogP contribution in [0.2, 0.25) is 0 Å². The zero-order chi connectivity index (χ0) is 14.0. The van der Waals surface area contributed by atoms with E-state index in [4.69, 9.17) is 4.74 Å². The molecule has 0 saturated heterocycles. The van der Waals surface area contributed by atoms with Crippen LogP contribution >= 0.6 is 0 Å². The molecule has 0 bridgehead atoms. The maximum absolute atomic E-state index is 11.0. The first-order valence-electron chi connectivity index (χ1n) is 7.30. The largest absolute Gasteiger partial charge is 0.497 e. The molecule has 19 heavy (non-hydrogen) atoms. The summed E-state index contributed by atoms with van der Waals surface area (Å²) < 4.78 is 5.27. The van der Waals surface area contributed by atoms with Crippen molar-refractivity contribution < 1.29 is 9.84 Å². The van der Waals surface area contributed by atoms with E-state index in [0.29, 0.717) is 17.8 Å². The molecule has 2 heteroatoms. The maximum Gasteiger partial charge on any atom is 0.119 e. The Balaban J connectivity index is 2.24. The summed E-state index contributed by atoms with van der Waals surface area (Å²) in [5, 5.41) is 11.0. The van der Waals surface area contributed by atoms with E-state index in [1.165, 1.54) is 6.42 Å². The summed E-state index contributed by atoms with van der Waals surface area (Å²) >= 11 is 0. The summed E-state index contributed by atoms with van der Waals surface area (Å²) in [7, 11) is 1.67. The lowest BCUT2D eigenvalue weighted by atomic mass is 9.68. The minimum absolute atomic E-state index is 0.332. The van der Waals surface area contributed by atoms with Gasteiger partial charge in [-0.15, -0.1) is 0 Å². The first-order valence-corrected chi connectivity index (χ1v) is 7.30. The van der Waals surface area contributed by atoms with Crippen molar-refractivity contribution in [3.05, 3.63) is 29.8 Å². The molecule has 3 atom stereocenters. The zero-order valence-electron chi connectivity index (χ0n) is 12.5. The molecule has 0 radical (unpaired) electrons. The van der Waals surface area contributed by atoms with Crippen molar-refractivity contribution in [3.63, 3.8) is 0 Å². The second-order valence-corrected chi connectivity index (χ2v) is 6.49. The van der Waals surface area contributed by atoms with E-state index in [1.807, 2.05) is 31.2 Å². The molecule has 0 spiro atoms. The molecule has 1 aliphatic carbocycles. The smallest absolute Gasteiger partial charge is 0.119 e. The van der Waals surface area contributed by atoms with Crippen LogP contribution in [0.5, 0.6) is 5.75 Å². The third-order valence-electron chi connectivity index (χ3n) is 4.63. The molecule has 1 aliphatic rings. The topological polar surface area (TPSA) is 29.5 Å². The second kappa shape index (κ2) is 5.54. The van der Waals surface area contributed by atoms with E-state index in [0.717, 1.165) is 24.2 Å². The van der Waals surface area contributed by atoms with Gasteiger partial charge in [0.1, 0.15) is 5.75 Å². The van der Waals surface area contributed by atoms with Gasteiger partial charge in [0.25, 0.3) is 0 Å². The Kier molecular flexibility index (Phi) is 4.19. The van der Waals surface area contributed by atoms with Gasteiger partial charge in [-0.1, -0.05) is 26.0 Å². The summed E-state index contributed by atoms with van der Waals surface area (Å²) in [5.74, 6) is 2.55. The number of hydrogen-bond donors (Lipinski definition) is 1. The molecule has 1 saturated carbocycles. The van der Waals surface area contributed by atoms with Crippen molar-refractivity contribution in [2.45, 2.75) is 45.6 Å². The highest BCUT2D eigenvalue weighted by atomic mass is 16.5. The molecule has 1 N–H and O–H groups in total. The van der Waals surface area contributed by atoms with Gasteiger partial charge in [0.15, 0.2) is 0 Å². The Morgan fingerprint density at radius 2 is 1.79 bits per heavy atom. The summed E-state index contributed by atoms with van der Waals surface area (Å²) in [6, 6.07) is 7.85. The number of benzene rings is 1. The third-order valence-corrected chi connectivity index (χ3v) is 4.63. The number of methoxy groups -OCH3 is 1. The molecular formula is C17H26O2. The Bertz CT molecular complexity index is 415. The van der Waals surface area contributed by atoms with Crippen LogP contribution in [0.3, 0.4) is 0 Å². The highest BCUT2D eigenvalue weighted by molar-refractivity contribution is 5.32. The molecule has 2 rings (SSSR count). The minimum Gasteiger partial charge on any atom is -0.497 e. The monoisotopic (exact) mass is 262 g/mol. The molecular weight excluding hydrogens is 236 g/mol. The van der Waals surface area contributed by atoms with Crippen LogP contribution in [0.1, 0.15) is 45.6 Å². The van der Waals surface area contributed by atoms with E-state index in [-0.39, 0.29) is 0 Å². The van der Waals surface area contributed by atoms with Gasteiger partial charge >= 0.3 is 0 Å². The van der Waals surface area contributed by atoms with E-state index < -0.39 is 5.60 Å². The molecule has 3 unspecified atom stereocenters. The van der Waals surface area contributed by atoms with Gasteiger partial charge in [-0.05, 0) is 61.6 Å². The van der Waals surface area contributed by atoms with Crippen LogP contribution < -0.4 is 4.74 Å². The molecule has 0 aromatic heterocycles.